The summed E-state index contributed by atoms with van der Waals surface area (Å²) in [6.45, 7) is 6.00. The molecule has 134 valence electrons. The molecule has 2 aromatic carbocycles. The van der Waals surface area contributed by atoms with E-state index in [-0.39, 0.29) is 5.91 Å². The lowest BCUT2D eigenvalue weighted by Gasteiger charge is -2.32. The van der Waals surface area contributed by atoms with Gasteiger partial charge in [0.15, 0.2) is 0 Å². The quantitative estimate of drug-likeness (QED) is 0.685. The molecule has 3 nitrogen and oxygen atoms in total. The standard InChI is InChI=1S/C23H26N2O/c1-16(2)17-7-9-19(10-8-17)23(26)25-13-11-18(12-14-25)21-15-24-22-6-4-3-5-20(21)22/h3-10,15-16,18,24H,11-14H2,1-2H3. The first-order valence-corrected chi connectivity index (χ1v) is 9.58. The van der Waals surface area contributed by atoms with Crippen molar-refractivity contribution in [3.05, 3.63) is 71.4 Å². The Hall–Kier alpha value is -2.55. The third kappa shape index (κ3) is 3.14. The first-order valence-electron chi connectivity index (χ1n) is 9.58. The van der Waals surface area contributed by atoms with E-state index in [1.54, 1.807) is 0 Å². The van der Waals surface area contributed by atoms with E-state index in [9.17, 15) is 4.79 Å². The number of fused-ring (bicyclic) bond motifs is 1. The van der Waals surface area contributed by atoms with Crippen molar-refractivity contribution >= 4 is 16.8 Å². The number of carbonyl (C=O) groups is 1. The van der Waals surface area contributed by atoms with E-state index in [4.69, 9.17) is 0 Å². The minimum absolute atomic E-state index is 0.165. The number of aromatic nitrogens is 1. The van der Waals surface area contributed by atoms with Crippen LogP contribution in [-0.4, -0.2) is 28.9 Å². The average Bonchev–Trinajstić information content (AvgIpc) is 3.12. The van der Waals surface area contributed by atoms with Gasteiger partial charge in [0, 0.05) is 35.8 Å². The molecule has 0 radical (unpaired) electrons. The van der Waals surface area contributed by atoms with E-state index < -0.39 is 0 Å². The molecule has 1 saturated heterocycles. The Bertz CT molecular complexity index is 899. The summed E-state index contributed by atoms with van der Waals surface area (Å²) in [6.07, 6.45) is 4.20. The van der Waals surface area contributed by atoms with Crippen LogP contribution in [0.5, 0.6) is 0 Å². The molecule has 1 aromatic heterocycles. The predicted octanol–water partition coefficient (Wildman–Crippen LogP) is 5.31. The zero-order valence-electron chi connectivity index (χ0n) is 15.5. The fraction of sp³-hybridized carbons (Fsp3) is 0.348. The summed E-state index contributed by atoms with van der Waals surface area (Å²) in [6, 6.07) is 16.6. The Balaban J connectivity index is 1.44. The summed E-state index contributed by atoms with van der Waals surface area (Å²) in [5, 5.41) is 1.32. The topological polar surface area (TPSA) is 36.1 Å². The number of nitrogens with zero attached hydrogens (tertiary/aromatic N) is 1. The Morgan fingerprint density at radius 1 is 1.04 bits per heavy atom. The smallest absolute Gasteiger partial charge is 0.253 e. The van der Waals surface area contributed by atoms with E-state index in [2.05, 4.69) is 61.4 Å². The van der Waals surface area contributed by atoms with Gasteiger partial charge in [0.1, 0.15) is 0 Å². The Morgan fingerprint density at radius 3 is 2.42 bits per heavy atom. The molecule has 2 heterocycles. The number of rotatable bonds is 3. The predicted molar refractivity (Wildman–Crippen MR) is 107 cm³/mol. The number of hydrogen-bond acceptors (Lipinski definition) is 1. The van der Waals surface area contributed by atoms with Crippen LogP contribution < -0.4 is 0 Å². The molecule has 1 amide bonds. The molecule has 1 aliphatic rings. The van der Waals surface area contributed by atoms with Crippen LogP contribution in [0.15, 0.2) is 54.7 Å². The zero-order chi connectivity index (χ0) is 18.1. The van der Waals surface area contributed by atoms with Crippen molar-refractivity contribution in [1.29, 1.82) is 0 Å². The molecule has 0 atom stereocenters. The lowest BCUT2D eigenvalue weighted by molar-refractivity contribution is 0.0713. The highest BCUT2D eigenvalue weighted by molar-refractivity contribution is 5.94. The van der Waals surface area contributed by atoms with Crippen molar-refractivity contribution in [3.8, 4) is 0 Å². The van der Waals surface area contributed by atoms with Gasteiger partial charge in [-0.1, -0.05) is 44.2 Å². The minimum atomic E-state index is 0.165. The average molecular weight is 346 g/mol. The molecule has 26 heavy (non-hydrogen) atoms. The highest BCUT2D eigenvalue weighted by atomic mass is 16.2. The lowest BCUT2D eigenvalue weighted by Crippen LogP contribution is -2.37. The number of nitrogens with one attached hydrogen (secondary N) is 1. The van der Waals surface area contributed by atoms with Gasteiger partial charge in [-0.15, -0.1) is 0 Å². The van der Waals surface area contributed by atoms with Crippen molar-refractivity contribution < 1.29 is 4.79 Å². The van der Waals surface area contributed by atoms with Gasteiger partial charge < -0.3 is 9.88 Å². The monoisotopic (exact) mass is 346 g/mol. The minimum Gasteiger partial charge on any atom is -0.361 e. The maximum absolute atomic E-state index is 12.8. The number of piperidine rings is 1. The summed E-state index contributed by atoms with van der Waals surface area (Å²) in [5.41, 5.74) is 4.68. The number of likely N-dealkylation sites (tertiary alicyclic amines) is 1. The zero-order valence-corrected chi connectivity index (χ0v) is 15.5. The third-order valence-electron chi connectivity index (χ3n) is 5.67. The number of benzene rings is 2. The molecule has 4 rings (SSSR count). The van der Waals surface area contributed by atoms with Gasteiger partial charge in [-0.3, -0.25) is 4.79 Å². The summed E-state index contributed by atoms with van der Waals surface area (Å²) < 4.78 is 0. The molecule has 3 heteroatoms. The highest BCUT2D eigenvalue weighted by Gasteiger charge is 2.26. The fourth-order valence-electron chi connectivity index (χ4n) is 4.02. The summed E-state index contributed by atoms with van der Waals surface area (Å²) in [7, 11) is 0. The van der Waals surface area contributed by atoms with Crippen LogP contribution in [-0.2, 0) is 0 Å². The third-order valence-corrected chi connectivity index (χ3v) is 5.67. The molecule has 0 bridgehead atoms. The van der Waals surface area contributed by atoms with Crippen LogP contribution in [0.1, 0.15) is 60.0 Å². The number of carbonyl (C=O) groups excluding carboxylic acids is 1. The molecule has 0 spiro atoms. The van der Waals surface area contributed by atoms with Crippen molar-refractivity contribution in [2.45, 2.75) is 38.5 Å². The van der Waals surface area contributed by atoms with Crippen molar-refractivity contribution in [2.75, 3.05) is 13.1 Å². The van der Waals surface area contributed by atoms with Gasteiger partial charge >= 0.3 is 0 Å². The molecule has 3 aromatic rings. The van der Waals surface area contributed by atoms with Crippen molar-refractivity contribution in [3.63, 3.8) is 0 Å². The fourth-order valence-corrected chi connectivity index (χ4v) is 4.02. The maximum atomic E-state index is 12.8. The number of amides is 1. The van der Waals surface area contributed by atoms with Gasteiger partial charge in [0.25, 0.3) is 5.91 Å². The van der Waals surface area contributed by atoms with Gasteiger partial charge in [-0.2, -0.15) is 0 Å². The van der Waals surface area contributed by atoms with E-state index >= 15 is 0 Å². The Kier molecular flexibility index (Phi) is 4.54. The van der Waals surface area contributed by atoms with E-state index in [1.165, 1.54) is 22.0 Å². The van der Waals surface area contributed by atoms with Crippen LogP contribution >= 0.6 is 0 Å². The molecule has 1 fully saturated rings. The van der Waals surface area contributed by atoms with E-state index in [0.29, 0.717) is 11.8 Å². The van der Waals surface area contributed by atoms with E-state index in [1.807, 2.05) is 17.0 Å². The normalized spacial score (nSPS) is 15.7. The number of aromatic amines is 1. The molecule has 1 N–H and O–H groups in total. The second-order valence-electron chi connectivity index (χ2n) is 7.63. The van der Waals surface area contributed by atoms with Gasteiger partial charge in [0.05, 0.1) is 0 Å². The van der Waals surface area contributed by atoms with Crippen LogP contribution in [0.4, 0.5) is 0 Å². The van der Waals surface area contributed by atoms with Crippen molar-refractivity contribution in [2.24, 2.45) is 0 Å². The van der Waals surface area contributed by atoms with Gasteiger partial charge in [0.2, 0.25) is 0 Å². The summed E-state index contributed by atoms with van der Waals surface area (Å²) in [5.74, 6) is 1.18. The summed E-state index contributed by atoms with van der Waals surface area (Å²) >= 11 is 0. The van der Waals surface area contributed by atoms with Gasteiger partial charge in [-0.05, 0) is 54.0 Å². The van der Waals surface area contributed by atoms with Crippen LogP contribution in [0.3, 0.4) is 0 Å². The van der Waals surface area contributed by atoms with Crippen LogP contribution in [0, 0.1) is 0 Å². The van der Waals surface area contributed by atoms with Gasteiger partial charge in [-0.25, -0.2) is 0 Å². The maximum Gasteiger partial charge on any atom is 0.253 e. The SMILES string of the molecule is CC(C)c1ccc(C(=O)N2CCC(c3c[nH]c4ccccc34)CC2)cc1. The molecular weight excluding hydrogens is 320 g/mol. The van der Waals surface area contributed by atoms with E-state index in [0.717, 1.165) is 31.5 Å². The molecule has 1 aliphatic heterocycles. The highest BCUT2D eigenvalue weighted by Crippen LogP contribution is 2.33. The van der Waals surface area contributed by atoms with Crippen molar-refractivity contribution in [1.82, 2.24) is 9.88 Å². The molecule has 0 unspecified atom stereocenters. The Morgan fingerprint density at radius 2 is 1.73 bits per heavy atom. The lowest BCUT2D eigenvalue weighted by atomic mass is 9.89. The number of hydrogen-bond donors (Lipinski definition) is 1. The Labute approximate surface area is 155 Å². The summed E-state index contributed by atoms with van der Waals surface area (Å²) in [4.78, 5) is 18.2. The first kappa shape index (κ1) is 16.9. The second kappa shape index (κ2) is 6.99. The molecule has 0 aliphatic carbocycles. The molecular formula is C23H26N2O. The number of para-hydroxylation sites is 1. The largest absolute Gasteiger partial charge is 0.361 e. The first-order chi connectivity index (χ1) is 12.6. The molecule has 0 saturated carbocycles. The van der Waals surface area contributed by atoms with Crippen LogP contribution in [0.2, 0.25) is 0 Å². The number of H-pyrrole nitrogens is 1. The second-order valence-corrected chi connectivity index (χ2v) is 7.63. The van der Waals surface area contributed by atoms with Crippen LogP contribution in [0.25, 0.3) is 10.9 Å².